The number of rotatable bonds is 0. The summed E-state index contributed by atoms with van der Waals surface area (Å²) < 4.78 is 0. The average molecular weight is 198 g/mol. The fourth-order valence-electron chi connectivity index (χ4n) is 1.00. The van der Waals surface area contributed by atoms with E-state index in [9.17, 15) is 0 Å². The van der Waals surface area contributed by atoms with Crippen LogP contribution in [0.3, 0.4) is 0 Å². The van der Waals surface area contributed by atoms with Crippen molar-refractivity contribution in [3.63, 3.8) is 0 Å². The minimum absolute atomic E-state index is 0.354. The maximum atomic E-state index is 8.54. The van der Waals surface area contributed by atoms with Crippen molar-refractivity contribution in [1.82, 2.24) is 0 Å². The second kappa shape index (κ2) is 3.03. The van der Waals surface area contributed by atoms with Crippen LogP contribution in [0.1, 0.15) is 13.3 Å². The highest BCUT2D eigenvalue weighted by Crippen LogP contribution is 2.21. The van der Waals surface area contributed by atoms with E-state index in [0.717, 1.165) is 12.0 Å². The van der Waals surface area contributed by atoms with Gasteiger partial charge in [-0.1, -0.05) is 27.6 Å². The quantitative estimate of drug-likeness (QED) is 0.548. The molecular weight excluding hydrogens is 190 g/mol. The summed E-state index contributed by atoms with van der Waals surface area (Å²) in [5, 5.41) is 8.54. The van der Waals surface area contributed by atoms with Gasteiger partial charge in [-0.05, 0) is 19.4 Å². The van der Waals surface area contributed by atoms with E-state index in [1.165, 1.54) is 5.57 Å². The van der Waals surface area contributed by atoms with Gasteiger partial charge < -0.3 is 0 Å². The summed E-state index contributed by atoms with van der Waals surface area (Å²) >= 11 is 3.44. The van der Waals surface area contributed by atoms with Gasteiger partial charge in [-0.25, -0.2) is 0 Å². The zero-order chi connectivity index (χ0) is 7.56. The molecule has 0 aromatic rings. The van der Waals surface area contributed by atoms with Crippen molar-refractivity contribution in [3.8, 4) is 6.07 Å². The highest BCUT2D eigenvalue weighted by Gasteiger charge is 2.08. The molecule has 0 aromatic carbocycles. The number of nitriles is 1. The summed E-state index contributed by atoms with van der Waals surface area (Å²) in [4.78, 5) is 0.354. The first-order valence-electron chi connectivity index (χ1n) is 3.15. The van der Waals surface area contributed by atoms with Crippen molar-refractivity contribution < 1.29 is 0 Å². The van der Waals surface area contributed by atoms with E-state index in [-0.39, 0.29) is 0 Å². The Balaban J connectivity index is 2.84. The van der Waals surface area contributed by atoms with Crippen LogP contribution in [0.25, 0.3) is 0 Å². The molecular formula is C8H8BrN. The van der Waals surface area contributed by atoms with Gasteiger partial charge in [-0.15, -0.1) is 0 Å². The molecule has 1 rings (SSSR count). The zero-order valence-corrected chi connectivity index (χ0v) is 7.35. The lowest BCUT2D eigenvalue weighted by Crippen LogP contribution is -2.00. The van der Waals surface area contributed by atoms with Crippen LogP contribution in [-0.4, -0.2) is 4.83 Å². The van der Waals surface area contributed by atoms with Crippen LogP contribution >= 0.6 is 15.9 Å². The molecule has 1 aliphatic carbocycles. The average Bonchev–Trinajstić information content (AvgIpc) is 1.85. The monoisotopic (exact) mass is 197 g/mol. The third-order valence-corrected chi connectivity index (χ3v) is 2.00. The Kier molecular flexibility index (Phi) is 2.29. The molecule has 0 fully saturated rings. The SMILES string of the molecule is CC1=CC(C#N)=CC(Br)C1. The number of hydrogen-bond donors (Lipinski definition) is 0. The molecule has 0 heterocycles. The van der Waals surface area contributed by atoms with Crippen molar-refractivity contribution >= 4 is 15.9 Å². The lowest BCUT2D eigenvalue weighted by Gasteiger charge is -2.10. The lowest BCUT2D eigenvalue weighted by atomic mass is 10.0. The Bertz CT molecular complexity index is 232. The van der Waals surface area contributed by atoms with E-state index >= 15 is 0 Å². The molecule has 52 valence electrons. The van der Waals surface area contributed by atoms with Crippen LogP contribution in [0.2, 0.25) is 0 Å². The molecule has 1 aliphatic rings. The van der Waals surface area contributed by atoms with Crippen LogP contribution < -0.4 is 0 Å². The van der Waals surface area contributed by atoms with E-state index in [4.69, 9.17) is 5.26 Å². The number of nitrogens with zero attached hydrogens (tertiary/aromatic N) is 1. The Morgan fingerprint density at radius 2 is 2.50 bits per heavy atom. The van der Waals surface area contributed by atoms with Gasteiger partial charge in [0.05, 0.1) is 6.07 Å². The maximum absolute atomic E-state index is 8.54. The highest BCUT2D eigenvalue weighted by atomic mass is 79.9. The van der Waals surface area contributed by atoms with Gasteiger partial charge in [0.1, 0.15) is 0 Å². The third-order valence-electron chi connectivity index (χ3n) is 1.41. The van der Waals surface area contributed by atoms with E-state index in [2.05, 4.69) is 22.0 Å². The summed E-state index contributed by atoms with van der Waals surface area (Å²) in [6.07, 6.45) is 4.88. The molecule has 0 aromatic heterocycles. The molecule has 0 saturated carbocycles. The van der Waals surface area contributed by atoms with Crippen molar-refractivity contribution in [1.29, 1.82) is 5.26 Å². The Hall–Kier alpha value is -0.550. The van der Waals surface area contributed by atoms with Gasteiger partial charge in [0.25, 0.3) is 0 Å². The second-order valence-electron chi connectivity index (χ2n) is 2.44. The molecule has 0 aliphatic heterocycles. The molecule has 1 unspecified atom stereocenters. The largest absolute Gasteiger partial charge is 0.192 e. The van der Waals surface area contributed by atoms with Crippen LogP contribution in [0.15, 0.2) is 23.3 Å². The van der Waals surface area contributed by atoms with Crippen molar-refractivity contribution in [2.75, 3.05) is 0 Å². The summed E-state index contributed by atoms with van der Waals surface area (Å²) in [5.74, 6) is 0. The summed E-state index contributed by atoms with van der Waals surface area (Å²) in [6.45, 7) is 2.04. The first-order chi connectivity index (χ1) is 4.72. The first kappa shape index (κ1) is 7.56. The fourth-order valence-corrected chi connectivity index (χ4v) is 1.80. The van der Waals surface area contributed by atoms with E-state index in [0.29, 0.717) is 4.83 Å². The third kappa shape index (κ3) is 1.71. The van der Waals surface area contributed by atoms with E-state index in [1.807, 2.05) is 19.1 Å². The van der Waals surface area contributed by atoms with Gasteiger partial charge >= 0.3 is 0 Å². The van der Waals surface area contributed by atoms with Crippen LogP contribution in [0, 0.1) is 11.3 Å². The molecule has 0 saturated heterocycles. The Labute approximate surface area is 69.2 Å². The predicted molar refractivity (Wildman–Crippen MR) is 44.8 cm³/mol. The van der Waals surface area contributed by atoms with Gasteiger partial charge in [0, 0.05) is 10.4 Å². The van der Waals surface area contributed by atoms with Crippen LogP contribution in [0.5, 0.6) is 0 Å². The summed E-state index contributed by atoms with van der Waals surface area (Å²) in [7, 11) is 0. The number of allylic oxidation sites excluding steroid dienone is 4. The predicted octanol–water partition coefficient (Wildman–Crippen LogP) is 2.55. The van der Waals surface area contributed by atoms with Gasteiger partial charge in [0.2, 0.25) is 0 Å². The molecule has 0 radical (unpaired) electrons. The molecule has 0 bridgehead atoms. The molecule has 1 nitrogen and oxygen atoms in total. The number of halogens is 1. The van der Waals surface area contributed by atoms with Crippen LogP contribution in [-0.2, 0) is 0 Å². The maximum Gasteiger partial charge on any atom is 0.0988 e. The number of hydrogen-bond acceptors (Lipinski definition) is 1. The van der Waals surface area contributed by atoms with Gasteiger partial charge in [-0.3, -0.25) is 0 Å². The molecule has 0 N–H and O–H groups in total. The number of alkyl halides is 1. The smallest absolute Gasteiger partial charge is 0.0988 e. The van der Waals surface area contributed by atoms with Crippen molar-refractivity contribution in [3.05, 3.63) is 23.3 Å². The Morgan fingerprint density at radius 1 is 1.80 bits per heavy atom. The van der Waals surface area contributed by atoms with E-state index in [1.54, 1.807) is 0 Å². The lowest BCUT2D eigenvalue weighted by molar-refractivity contribution is 0.983. The van der Waals surface area contributed by atoms with E-state index < -0.39 is 0 Å². The van der Waals surface area contributed by atoms with Crippen LogP contribution in [0.4, 0.5) is 0 Å². The van der Waals surface area contributed by atoms with Gasteiger partial charge in [-0.2, -0.15) is 5.26 Å². The topological polar surface area (TPSA) is 23.8 Å². The molecule has 2 heteroatoms. The minimum Gasteiger partial charge on any atom is -0.192 e. The molecule has 10 heavy (non-hydrogen) atoms. The normalized spacial score (nSPS) is 24.7. The van der Waals surface area contributed by atoms with Gasteiger partial charge in [0.15, 0.2) is 0 Å². The first-order valence-corrected chi connectivity index (χ1v) is 4.07. The highest BCUT2D eigenvalue weighted by molar-refractivity contribution is 9.09. The fraction of sp³-hybridized carbons (Fsp3) is 0.375. The zero-order valence-electron chi connectivity index (χ0n) is 5.76. The summed E-state index contributed by atoms with van der Waals surface area (Å²) in [6, 6.07) is 2.12. The Morgan fingerprint density at radius 3 is 3.00 bits per heavy atom. The van der Waals surface area contributed by atoms with Crippen molar-refractivity contribution in [2.45, 2.75) is 18.2 Å². The minimum atomic E-state index is 0.354. The standard InChI is InChI=1S/C8H8BrN/c1-6-2-7(5-10)4-8(9)3-6/h2,4,8H,3H2,1H3. The molecule has 0 spiro atoms. The molecule has 0 amide bonds. The van der Waals surface area contributed by atoms with Crippen molar-refractivity contribution in [2.24, 2.45) is 0 Å². The summed E-state index contributed by atoms with van der Waals surface area (Å²) in [5.41, 5.74) is 2.03. The molecule has 1 atom stereocenters. The second-order valence-corrected chi connectivity index (χ2v) is 3.62.